The van der Waals surface area contributed by atoms with E-state index in [2.05, 4.69) is 5.32 Å². The van der Waals surface area contributed by atoms with Gasteiger partial charge in [-0.15, -0.1) is 0 Å². The molecule has 1 aliphatic rings. The molecule has 3 N–H and O–H groups in total. The van der Waals surface area contributed by atoms with Gasteiger partial charge in [0.1, 0.15) is 0 Å². The zero-order valence-electron chi connectivity index (χ0n) is 10.4. The fraction of sp³-hybridized carbons (Fsp3) is 0.308. The molecule has 0 aromatic heterocycles. The number of nitrogens with zero attached hydrogens (tertiary/aromatic N) is 1. The van der Waals surface area contributed by atoms with Crippen molar-refractivity contribution in [2.24, 2.45) is 0 Å². The largest absolute Gasteiger partial charge is 0.399 e. The van der Waals surface area contributed by atoms with Gasteiger partial charge in [-0.1, -0.05) is 6.07 Å². The molecule has 0 atom stereocenters. The van der Waals surface area contributed by atoms with Crippen LogP contribution in [0.3, 0.4) is 0 Å². The van der Waals surface area contributed by atoms with Crippen LogP contribution in [0.25, 0.3) is 0 Å². The van der Waals surface area contributed by atoms with Crippen LogP contribution in [-0.2, 0) is 9.59 Å². The number of imide groups is 1. The molecule has 1 aliphatic heterocycles. The van der Waals surface area contributed by atoms with Crippen LogP contribution >= 0.6 is 0 Å². The first kappa shape index (κ1) is 13.1. The van der Waals surface area contributed by atoms with Gasteiger partial charge in [0.2, 0.25) is 11.8 Å². The second-order valence-electron chi connectivity index (χ2n) is 4.32. The van der Waals surface area contributed by atoms with E-state index in [1.807, 2.05) is 0 Å². The number of anilines is 1. The molecule has 0 aliphatic carbocycles. The Kier molecular flexibility index (Phi) is 3.79. The van der Waals surface area contributed by atoms with Crippen LogP contribution in [-0.4, -0.2) is 35.7 Å². The second-order valence-corrected chi connectivity index (χ2v) is 4.32. The number of benzene rings is 1. The van der Waals surface area contributed by atoms with Crippen molar-refractivity contribution in [1.29, 1.82) is 0 Å². The van der Waals surface area contributed by atoms with Crippen LogP contribution < -0.4 is 11.1 Å². The molecule has 1 fully saturated rings. The fourth-order valence-electron chi connectivity index (χ4n) is 1.94. The summed E-state index contributed by atoms with van der Waals surface area (Å²) in [7, 11) is 0. The Morgan fingerprint density at radius 2 is 1.95 bits per heavy atom. The predicted molar refractivity (Wildman–Crippen MR) is 69.1 cm³/mol. The molecular formula is C13H15N3O3. The minimum Gasteiger partial charge on any atom is -0.399 e. The van der Waals surface area contributed by atoms with E-state index in [-0.39, 0.29) is 43.7 Å². The molecule has 6 nitrogen and oxygen atoms in total. The first-order valence-electron chi connectivity index (χ1n) is 6.05. The van der Waals surface area contributed by atoms with Gasteiger partial charge >= 0.3 is 0 Å². The van der Waals surface area contributed by atoms with Gasteiger partial charge in [-0.05, 0) is 18.2 Å². The quantitative estimate of drug-likeness (QED) is 0.596. The number of nitrogens with two attached hydrogens (primary N) is 1. The van der Waals surface area contributed by atoms with Crippen LogP contribution in [0.15, 0.2) is 24.3 Å². The monoisotopic (exact) mass is 261 g/mol. The lowest BCUT2D eigenvalue weighted by Gasteiger charge is -2.14. The van der Waals surface area contributed by atoms with Crippen LogP contribution in [0.4, 0.5) is 5.69 Å². The molecule has 3 amide bonds. The number of hydrogen-bond donors (Lipinski definition) is 2. The van der Waals surface area contributed by atoms with Crippen molar-refractivity contribution < 1.29 is 14.4 Å². The van der Waals surface area contributed by atoms with Gasteiger partial charge in [0, 0.05) is 37.2 Å². The van der Waals surface area contributed by atoms with Gasteiger partial charge in [0.05, 0.1) is 0 Å². The Balaban J connectivity index is 1.84. The highest BCUT2D eigenvalue weighted by Crippen LogP contribution is 2.10. The minimum atomic E-state index is -0.272. The lowest BCUT2D eigenvalue weighted by atomic mass is 10.2. The van der Waals surface area contributed by atoms with Crippen molar-refractivity contribution in [2.45, 2.75) is 12.8 Å². The fourth-order valence-corrected chi connectivity index (χ4v) is 1.94. The summed E-state index contributed by atoms with van der Waals surface area (Å²) in [5, 5.41) is 2.65. The highest BCUT2D eigenvalue weighted by Gasteiger charge is 2.28. The van der Waals surface area contributed by atoms with Gasteiger partial charge < -0.3 is 11.1 Å². The Hall–Kier alpha value is -2.37. The lowest BCUT2D eigenvalue weighted by molar-refractivity contribution is -0.138. The molecule has 1 aromatic rings. The molecule has 1 heterocycles. The smallest absolute Gasteiger partial charge is 0.251 e. The molecule has 0 unspecified atom stereocenters. The maximum Gasteiger partial charge on any atom is 0.251 e. The maximum absolute atomic E-state index is 11.8. The van der Waals surface area contributed by atoms with Crippen LogP contribution in [0.5, 0.6) is 0 Å². The van der Waals surface area contributed by atoms with Crippen molar-refractivity contribution in [3.8, 4) is 0 Å². The number of carbonyl (C=O) groups is 3. The topological polar surface area (TPSA) is 92.5 Å². The van der Waals surface area contributed by atoms with Crippen LogP contribution in [0.1, 0.15) is 23.2 Å². The highest BCUT2D eigenvalue weighted by atomic mass is 16.2. The third-order valence-corrected chi connectivity index (χ3v) is 2.92. The van der Waals surface area contributed by atoms with E-state index in [1.54, 1.807) is 24.3 Å². The minimum absolute atomic E-state index is 0.178. The first-order chi connectivity index (χ1) is 9.08. The number of hydrogen-bond acceptors (Lipinski definition) is 4. The van der Waals surface area contributed by atoms with Crippen molar-refractivity contribution >= 4 is 23.4 Å². The Bertz CT molecular complexity index is 512. The first-order valence-corrected chi connectivity index (χ1v) is 6.05. The van der Waals surface area contributed by atoms with Crippen molar-refractivity contribution in [3.05, 3.63) is 29.8 Å². The molecule has 6 heteroatoms. The zero-order chi connectivity index (χ0) is 13.8. The summed E-state index contributed by atoms with van der Waals surface area (Å²) in [6.45, 7) is 0.455. The number of nitrogen functional groups attached to an aromatic ring is 1. The molecule has 0 spiro atoms. The average molecular weight is 261 g/mol. The van der Waals surface area contributed by atoms with E-state index in [9.17, 15) is 14.4 Å². The van der Waals surface area contributed by atoms with Crippen molar-refractivity contribution in [1.82, 2.24) is 10.2 Å². The van der Waals surface area contributed by atoms with E-state index >= 15 is 0 Å². The summed E-state index contributed by atoms with van der Waals surface area (Å²) in [5.41, 5.74) is 6.55. The molecule has 0 bridgehead atoms. The molecule has 0 saturated carbocycles. The van der Waals surface area contributed by atoms with E-state index in [0.717, 1.165) is 0 Å². The summed E-state index contributed by atoms with van der Waals surface area (Å²) >= 11 is 0. The Morgan fingerprint density at radius 3 is 2.58 bits per heavy atom. The van der Waals surface area contributed by atoms with Crippen molar-refractivity contribution in [3.63, 3.8) is 0 Å². The van der Waals surface area contributed by atoms with Crippen LogP contribution in [0, 0.1) is 0 Å². The lowest BCUT2D eigenvalue weighted by Crippen LogP contribution is -2.37. The maximum atomic E-state index is 11.8. The summed E-state index contributed by atoms with van der Waals surface area (Å²) in [6, 6.07) is 6.61. The molecule has 2 rings (SSSR count). The molecule has 19 heavy (non-hydrogen) atoms. The summed E-state index contributed by atoms with van der Waals surface area (Å²) in [4.78, 5) is 35.7. The summed E-state index contributed by atoms with van der Waals surface area (Å²) in [5.74, 6) is -0.627. The predicted octanol–water partition coefficient (Wildman–Crippen LogP) is 0.148. The molecule has 1 saturated heterocycles. The molecular weight excluding hydrogens is 246 g/mol. The third-order valence-electron chi connectivity index (χ3n) is 2.92. The molecule has 100 valence electrons. The SMILES string of the molecule is Nc1cccc(C(=O)NCCN2C(=O)CCC2=O)c1. The van der Waals surface area contributed by atoms with E-state index < -0.39 is 0 Å². The van der Waals surface area contributed by atoms with E-state index in [0.29, 0.717) is 11.3 Å². The van der Waals surface area contributed by atoms with E-state index in [4.69, 9.17) is 5.73 Å². The Morgan fingerprint density at radius 1 is 1.26 bits per heavy atom. The van der Waals surface area contributed by atoms with Gasteiger partial charge in [0.15, 0.2) is 0 Å². The Labute approximate surface area is 110 Å². The van der Waals surface area contributed by atoms with Gasteiger partial charge in [-0.3, -0.25) is 19.3 Å². The standard InChI is InChI=1S/C13H15N3O3/c14-10-3-1-2-9(8-10)13(19)15-6-7-16-11(17)4-5-12(16)18/h1-3,8H,4-7,14H2,(H,15,19). The number of amides is 3. The summed E-state index contributed by atoms with van der Waals surface area (Å²) < 4.78 is 0. The van der Waals surface area contributed by atoms with Gasteiger partial charge in [-0.2, -0.15) is 0 Å². The second kappa shape index (κ2) is 5.51. The average Bonchev–Trinajstić information content (AvgIpc) is 2.70. The highest BCUT2D eigenvalue weighted by molar-refractivity contribution is 6.02. The number of carbonyl (C=O) groups excluding carboxylic acids is 3. The number of rotatable bonds is 4. The number of likely N-dealkylation sites (tertiary alicyclic amines) is 1. The van der Waals surface area contributed by atoms with Gasteiger partial charge in [-0.25, -0.2) is 0 Å². The normalized spacial score (nSPS) is 14.8. The third kappa shape index (κ3) is 3.09. The summed E-state index contributed by atoms with van der Waals surface area (Å²) in [6.07, 6.45) is 0.532. The zero-order valence-corrected chi connectivity index (χ0v) is 10.4. The van der Waals surface area contributed by atoms with Crippen molar-refractivity contribution in [2.75, 3.05) is 18.8 Å². The number of nitrogens with one attached hydrogen (secondary N) is 1. The van der Waals surface area contributed by atoms with Gasteiger partial charge in [0.25, 0.3) is 5.91 Å². The molecule has 1 aromatic carbocycles. The van der Waals surface area contributed by atoms with Crippen LogP contribution in [0.2, 0.25) is 0 Å². The van der Waals surface area contributed by atoms with E-state index in [1.165, 1.54) is 4.90 Å². The molecule has 0 radical (unpaired) electrons.